The maximum Gasteiger partial charge on any atom is 0.252 e. The number of para-hydroxylation sites is 1. The molecule has 0 aliphatic heterocycles. The Morgan fingerprint density at radius 1 is 1.19 bits per heavy atom. The van der Waals surface area contributed by atoms with Crippen molar-refractivity contribution >= 4 is 11.6 Å². The predicted octanol–water partition coefficient (Wildman–Crippen LogP) is 3.29. The van der Waals surface area contributed by atoms with Crippen molar-refractivity contribution in [2.75, 3.05) is 32.1 Å². The van der Waals surface area contributed by atoms with Gasteiger partial charge in [0.2, 0.25) is 0 Å². The summed E-state index contributed by atoms with van der Waals surface area (Å²) in [5, 5.41) is 2.80. The fraction of sp³-hybridized carbons (Fsp3) is 0.227. The SMILES string of the molecule is C=CCc1ccccc1OCC#CCNC(=O)c1cccc(N(C)C)c1. The van der Waals surface area contributed by atoms with Crippen LogP contribution in [0.3, 0.4) is 0 Å². The van der Waals surface area contributed by atoms with Crippen LogP contribution in [-0.2, 0) is 6.42 Å². The molecule has 0 aliphatic rings. The van der Waals surface area contributed by atoms with Gasteiger partial charge in [0.05, 0.1) is 6.54 Å². The third-order valence-corrected chi connectivity index (χ3v) is 3.72. The number of hydrogen-bond donors (Lipinski definition) is 1. The van der Waals surface area contributed by atoms with Crippen molar-refractivity contribution in [3.05, 3.63) is 72.3 Å². The number of carbonyl (C=O) groups excluding carboxylic acids is 1. The van der Waals surface area contributed by atoms with Crippen LogP contribution in [0.1, 0.15) is 15.9 Å². The van der Waals surface area contributed by atoms with Gasteiger partial charge in [0.15, 0.2) is 0 Å². The molecular weight excluding hydrogens is 324 g/mol. The van der Waals surface area contributed by atoms with E-state index < -0.39 is 0 Å². The van der Waals surface area contributed by atoms with Gasteiger partial charge in [-0.1, -0.05) is 42.2 Å². The minimum atomic E-state index is -0.139. The maximum absolute atomic E-state index is 12.2. The number of hydrogen-bond acceptors (Lipinski definition) is 3. The van der Waals surface area contributed by atoms with Crippen molar-refractivity contribution in [2.45, 2.75) is 6.42 Å². The summed E-state index contributed by atoms with van der Waals surface area (Å²) in [6, 6.07) is 15.3. The number of anilines is 1. The Bertz CT molecular complexity index is 816. The van der Waals surface area contributed by atoms with E-state index in [9.17, 15) is 4.79 Å². The first-order valence-electron chi connectivity index (χ1n) is 8.44. The van der Waals surface area contributed by atoms with Gasteiger partial charge in [-0.05, 0) is 36.2 Å². The van der Waals surface area contributed by atoms with Gasteiger partial charge >= 0.3 is 0 Å². The number of rotatable bonds is 7. The molecule has 0 unspecified atom stereocenters. The standard InChI is InChI=1S/C22H24N2O2/c1-4-10-18-11-5-6-14-21(18)26-16-8-7-15-23-22(25)19-12-9-13-20(17-19)24(2)3/h4-6,9,11-14,17H,1,10,15-16H2,2-3H3,(H,23,25). The number of carbonyl (C=O) groups is 1. The smallest absolute Gasteiger partial charge is 0.252 e. The Balaban J connectivity index is 1.81. The Morgan fingerprint density at radius 2 is 2.00 bits per heavy atom. The minimum Gasteiger partial charge on any atom is -0.481 e. The van der Waals surface area contributed by atoms with Gasteiger partial charge in [0.25, 0.3) is 5.91 Å². The second-order valence-corrected chi connectivity index (χ2v) is 5.87. The van der Waals surface area contributed by atoms with E-state index in [-0.39, 0.29) is 19.1 Å². The molecule has 2 aromatic rings. The highest BCUT2D eigenvalue weighted by molar-refractivity contribution is 5.95. The van der Waals surface area contributed by atoms with Crippen LogP contribution in [0.2, 0.25) is 0 Å². The van der Waals surface area contributed by atoms with Gasteiger partial charge in [-0.15, -0.1) is 6.58 Å². The molecule has 2 aromatic carbocycles. The number of amides is 1. The first-order valence-corrected chi connectivity index (χ1v) is 8.44. The van der Waals surface area contributed by atoms with E-state index in [1.54, 1.807) is 6.07 Å². The van der Waals surface area contributed by atoms with E-state index >= 15 is 0 Å². The van der Waals surface area contributed by atoms with Crippen LogP contribution < -0.4 is 15.0 Å². The lowest BCUT2D eigenvalue weighted by atomic mass is 10.1. The Labute approximate surface area is 155 Å². The van der Waals surface area contributed by atoms with Crippen LogP contribution >= 0.6 is 0 Å². The van der Waals surface area contributed by atoms with E-state index in [1.807, 2.05) is 67.5 Å². The molecule has 0 radical (unpaired) electrons. The largest absolute Gasteiger partial charge is 0.481 e. The third kappa shape index (κ3) is 5.71. The molecule has 2 rings (SSSR count). The summed E-state index contributed by atoms with van der Waals surface area (Å²) in [5.41, 5.74) is 2.68. The zero-order valence-electron chi connectivity index (χ0n) is 15.3. The summed E-state index contributed by atoms with van der Waals surface area (Å²) < 4.78 is 5.68. The third-order valence-electron chi connectivity index (χ3n) is 3.72. The van der Waals surface area contributed by atoms with E-state index in [2.05, 4.69) is 23.7 Å². The Hall–Kier alpha value is -3.19. The molecule has 1 amide bonds. The average Bonchev–Trinajstić information content (AvgIpc) is 2.66. The van der Waals surface area contributed by atoms with E-state index in [4.69, 9.17) is 4.74 Å². The minimum absolute atomic E-state index is 0.139. The molecule has 0 aromatic heterocycles. The van der Waals surface area contributed by atoms with Crippen molar-refractivity contribution in [3.8, 4) is 17.6 Å². The van der Waals surface area contributed by atoms with E-state index in [1.165, 1.54) is 0 Å². The van der Waals surface area contributed by atoms with Crippen molar-refractivity contribution in [1.82, 2.24) is 5.32 Å². The summed E-state index contributed by atoms with van der Waals surface area (Å²) in [6.45, 7) is 4.31. The molecule has 0 atom stereocenters. The summed E-state index contributed by atoms with van der Waals surface area (Å²) in [5.74, 6) is 6.50. The summed E-state index contributed by atoms with van der Waals surface area (Å²) in [7, 11) is 3.88. The van der Waals surface area contributed by atoms with Gasteiger partial charge in [0.1, 0.15) is 12.4 Å². The Kier molecular flexibility index (Phi) is 7.32. The number of nitrogens with one attached hydrogen (secondary N) is 1. The number of ether oxygens (including phenoxy) is 1. The van der Waals surface area contributed by atoms with Gasteiger partial charge in [-0.25, -0.2) is 0 Å². The zero-order chi connectivity index (χ0) is 18.8. The molecule has 0 spiro atoms. The normalized spacial score (nSPS) is 9.62. The molecule has 0 saturated carbocycles. The molecule has 26 heavy (non-hydrogen) atoms. The quantitative estimate of drug-likeness (QED) is 0.617. The number of nitrogens with zero attached hydrogens (tertiary/aromatic N) is 1. The molecule has 1 N–H and O–H groups in total. The first-order chi connectivity index (χ1) is 12.6. The lowest BCUT2D eigenvalue weighted by molar-refractivity contribution is 0.0958. The highest BCUT2D eigenvalue weighted by Crippen LogP contribution is 2.18. The fourth-order valence-corrected chi connectivity index (χ4v) is 2.35. The van der Waals surface area contributed by atoms with Crippen LogP contribution in [0.4, 0.5) is 5.69 Å². The van der Waals surface area contributed by atoms with E-state index in [0.29, 0.717) is 5.56 Å². The second kappa shape index (κ2) is 9.95. The highest BCUT2D eigenvalue weighted by atomic mass is 16.5. The van der Waals surface area contributed by atoms with Gasteiger partial charge in [-0.3, -0.25) is 4.79 Å². The summed E-state index contributed by atoms with van der Waals surface area (Å²) in [6.07, 6.45) is 2.60. The Morgan fingerprint density at radius 3 is 2.77 bits per heavy atom. The van der Waals surface area contributed by atoms with Crippen molar-refractivity contribution in [2.24, 2.45) is 0 Å². The lowest BCUT2D eigenvalue weighted by Gasteiger charge is -2.13. The molecule has 0 bridgehead atoms. The lowest BCUT2D eigenvalue weighted by Crippen LogP contribution is -2.24. The topological polar surface area (TPSA) is 41.6 Å². The van der Waals surface area contributed by atoms with Crippen LogP contribution in [0.25, 0.3) is 0 Å². The number of allylic oxidation sites excluding steroid dienone is 1. The molecule has 0 heterocycles. The zero-order valence-corrected chi connectivity index (χ0v) is 15.3. The first kappa shape index (κ1) is 19.1. The fourth-order valence-electron chi connectivity index (χ4n) is 2.35. The molecule has 0 aliphatic carbocycles. The van der Waals surface area contributed by atoms with Crippen molar-refractivity contribution < 1.29 is 9.53 Å². The second-order valence-electron chi connectivity index (χ2n) is 5.87. The van der Waals surface area contributed by atoms with Crippen LogP contribution in [0.15, 0.2) is 61.2 Å². The van der Waals surface area contributed by atoms with Gasteiger partial charge in [-0.2, -0.15) is 0 Å². The summed E-state index contributed by atoms with van der Waals surface area (Å²) in [4.78, 5) is 14.1. The molecule has 134 valence electrons. The van der Waals surface area contributed by atoms with Crippen LogP contribution in [0, 0.1) is 11.8 Å². The predicted molar refractivity (Wildman–Crippen MR) is 107 cm³/mol. The van der Waals surface area contributed by atoms with Crippen molar-refractivity contribution in [1.29, 1.82) is 0 Å². The maximum atomic E-state index is 12.2. The van der Waals surface area contributed by atoms with Gasteiger partial charge in [0, 0.05) is 25.3 Å². The molecule has 0 saturated heterocycles. The average molecular weight is 348 g/mol. The number of benzene rings is 2. The molecule has 0 fully saturated rings. The molecule has 4 heteroatoms. The highest BCUT2D eigenvalue weighted by Gasteiger charge is 2.05. The van der Waals surface area contributed by atoms with Gasteiger partial charge < -0.3 is 15.0 Å². The summed E-state index contributed by atoms with van der Waals surface area (Å²) >= 11 is 0. The molecular formula is C22H24N2O2. The van der Waals surface area contributed by atoms with Crippen LogP contribution in [0.5, 0.6) is 5.75 Å². The molecule has 4 nitrogen and oxygen atoms in total. The monoisotopic (exact) mass is 348 g/mol. The van der Waals surface area contributed by atoms with Crippen molar-refractivity contribution in [3.63, 3.8) is 0 Å². The van der Waals surface area contributed by atoms with E-state index in [0.717, 1.165) is 23.4 Å². The van der Waals surface area contributed by atoms with Crippen LogP contribution in [-0.4, -0.2) is 33.2 Å².